The molecule has 0 spiro atoms. The van der Waals surface area contributed by atoms with Gasteiger partial charge in [0.1, 0.15) is 0 Å². The Balaban J connectivity index is 2.95. The quantitative estimate of drug-likeness (QED) is 0.419. The molecule has 0 aromatic heterocycles. The molecule has 1 N–H and O–H groups in total. The van der Waals surface area contributed by atoms with Gasteiger partial charge in [0.15, 0.2) is 0 Å². The second kappa shape index (κ2) is 3.85. The Bertz CT molecular complexity index is 331. The van der Waals surface area contributed by atoms with Gasteiger partial charge in [0, 0.05) is 11.6 Å². The molecule has 7 nitrogen and oxygen atoms in total. The fraction of sp³-hybridized carbons (Fsp3) is 0.429. The molecule has 8 heteroatoms. The number of carbonyl (C=O) groups excluding carboxylic acids is 3. The molecule has 1 fully saturated rings. The molecule has 0 aromatic carbocycles. The van der Waals surface area contributed by atoms with Crippen LogP contribution in [0.5, 0.6) is 0 Å². The zero-order chi connectivity index (χ0) is 11.6. The van der Waals surface area contributed by atoms with Crippen LogP contribution in [0.4, 0.5) is 4.79 Å². The van der Waals surface area contributed by atoms with Crippen LogP contribution in [-0.2, 0) is 23.9 Å². The maximum absolute atomic E-state index is 11.1. The number of carboxylic acid groups (broad SMARTS) is 1. The topological polar surface area (TPSA) is 107 Å². The third-order valence-corrected chi connectivity index (χ3v) is 1.80. The predicted octanol–water partition coefficient (Wildman–Crippen LogP) is 0.0488. The van der Waals surface area contributed by atoms with Gasteiger partial charge >= 0.3 is 23.3 Å². The van der Waals surface area contributed by atoms with Crippen molar-refractivity contribution in [3.63, 3.8) is 0 Å². The summed E-state index contributed by atoms with van der Waals surface area (Å²) in [5.41, 5.74) is -3.50. The van der Waals surface area contributed by atoms with Gasteiger partial charge in [0.2, 0.25) is 5.60 Å². The number of carboxylic acids is 1. The Labute approximate surface area is 87.9 Å². The first-order chi connectivity index (χ1) is 6.85. The molecule has 1 rings (SSSR count). The van der Waals surface area contributed by atoms with Crippen molar-refractivity contribution in [3.05, 3.63) is 0 Å². The number of esters is 2. The van der Waals surface area contributed by atoms with Gasteiger partial charge in [-0.05, 0) is 0 Å². The van der Waals surface area contributed by atoms with Gasteiger partial charge in [-0.2, -0.15) is 0 Å². The van der Waals surface area contributed by atoms with Crippen LogP contribution in [-0.4, -0.2) is 34.0 Å². The van der Waals surface area contributed by atoms with Crippen molar-refractivity contribution >= 4 is 34.9 Å². The number of cyclic esters (lactones) is 2. The molecule has 1 aliphatic rings. The molecule has 1 aliphatic heterocycles. The van der Waals surface area contributed by atoms with E-state index in [1.807, 2.05) is 0 Å². The fourth-order valence-electron chi connectivity index (χ4n) is 1.18. The lowest BCUT2D eigenvalue weighted by atomic mass is 9.98. The summed E-state index contributed by atoms with van der Waals surface area (Å²) in [6.45, 7) is 0. The van der Waals surface area contributed by atoms with E-state index < -0.39 is 41.8 Å². The molecule has 0 amide bonds. The smallest absolute Gasteiger partial charge is 0.404 e. The van der Waals surface area contributed by atoms with Gasteiger partial charge < -0.3 is 14.6 Å². The first kappa shape index (κ1) is 11.4. The standard InChI is InChI=1S/C7H5ClO7/c8-6(13)15-7(1-3(9)10)2-4(11)14-5(7)12/h1-2H2,(H,9,10). The Kier molecular flexibility index (Phi) is 2.94. The molecule has 0 saturated carbocycles. The van der Waals surface area contributed by atoms with E-state index in [4.69, 9.17) is 16.7 Å². The Morgan fingerprint density at radius 2 is 2.13 bits per heavy atom. The summed E-state index contributed by atoms with van der Waals surface area (Å²) in [5, 5.41) is 8.50. The lowest BCUT2D eigenvalue weighted by Gasteiger charge is -2.19. The molecule has 1 atom stereocenters. The SMILES string of the molecule is O=C(O)CC1(OC(=O)Cl)CC(=O)OC1=O. The van der Waals surface area contributed by atoms with Crippen molar-refractivity contribution in [2.75, 3.05) is 0 Å². The van der Waals surface area contributed by atoms with Crippen LogP contribution < -0.4 is 0 Å². The summed E-state index contributed by atoms with van der Waals surface area (Å²) in [6.07, 6.45) is -1.51. The van der Waals surface area contributed by atoms with Crippen LogP contribution in [0.15, 0.2) is 0 Å². The number of rotatable bonds is 3. The number of ether oxygens (including phenoxy) is 2. The van der Waals surface area contributed by atoms with E-state index in [9.17, 15) is 19.2 Å². The van der Waals surface area contributed by atoms with Gasteiger partial charge in [-0.15, -0.1) is 0 Å². The lowest BCUT2D eigenvalue weighted by molar-refractivity contribution is -0.162. The van der Waals surface area contributed by atoms with Crippen molar-refractivity contribution in [2.45, 2.75) is 18.4 Å². The maximum atomic E-state index is 11.1. The summed E-state index contributed by atoms with van der Waals surface area (Å²) < 4.78 is 8.44. The summed E-state index contributed by atoms with van der Waals surface area (Å²) in [4.78, 5) is 42.8. The van der Waals surface area contributed by atoms with Crippen LogP contribution in [0, 0.1) is 0 Å². The van der Waals surface area contributed by atoms with Crippen molar-refractivity contribution in [1.82, 2.24) is 0 Å². The molecule has 1 unspecified atom stereocenters. The van der Waals surface area contributed by atoms with Gasteiger partial charge in [0.05, 0.1) is 12.8 Å². The summed E-state index contributed by atoms with van der Waals surface area (Å²) in [7, 11) is 0. The number of carbonyl (C=O) groups is 4. The minimum absolute atomic E-state index is 0.642. The number of halogens is 1. The summed E-state index contributed by atoms with van der Waals surface area (Å²) >= 11 is 4.87. The highest BCUT2D eigenvalue weighted by Crippen LogP contribution is 2.30. The van der Waals surface area contributed by atoms with Crippen LogP contribution in [0.1, 0.15) is 12.8 Å². The van der Waals surface area contributed by atoms with E-state index in [2.05, 4.69) is 9.47 Å². The zero-order valence-electron chi connectivity index (χ0n) is 7.19. The second-order valence-electron chi connectivity index (χ2n) is 2.84. The maximum Gasteiger partial charge on any atom is 0.404 e. The van der Waals surface area contributed by atoms with E-state index in [0.717, 1.165) is 0 Å². The zero-order valence-corrected chi connectivity index (χ0v) is 7.94. The van der Waals surface area contributed by atoms with Crippen LogP contribution in [0.2, 0.25) is 0 Å². The number of aliphatic carboxylic acids is 1. The van der Waals surface area contributed by atoms with Gasteiger partial charge in [-0.1, -0.05) is 0 Å². The number of hydrogen-bond donors (Lipinski definition) is 1. The lowest BCUT2D eigenvalue weighted by Crippen LogP contribution is -2.40. The molecule has 0 aliphatic carbocycles. The highest BCUT2D eigenvalue weighted by molar-refractivity contribution is 6.61. The second-order valence-corrected chi connectivity index (χ2v) is 3.15. The van der Waals surface area contributed by atoms with Crippen LogP contribution in [0.25, 0.3) is 0 Å². The van der Waals surface area contributed by atoms with E-state index in [1.54, 1.807) is 0 Å². The average Bonchev–Trinajstić information content (AvgIpc) is 2.22. The monoisotopic (exact) mass is 236 g/mol. The van der Waals surface area contributed by atoms with Crippen molar-refractivity contribution < 1.29 is 33.8 Å². The minimum atomic E-state index is -2.12. The van der Waals surface area contributed by atoms with E-state index in [0.29, 0.717) is 0 Å². The predicted molar refractivity (Wildman–Crippen MR) is 43.0 cm³/mol. The fourth-order valence-corrected chi connectivity index (χ4v) is 1.33. The Hall–Kier alpha value is -1.63. The molecular weight excluding hydrogens is 232 g/mol. The molecule has 15 heavy (non-hydrogen) atoms. The van der Waals surface area contributed by atoms with Crippen LogP contribution in [0.3, 0.4) is 0 Å². The van der Waals surface area contributed by atoms with E-state index >= 15 is 0 Å². The largest absolute Gasteiger partial charge is 0.481 e. The molecule has 0 bridgehead atoms. The number of hydrogen-bond acceptors (Lipinski definition) is 6. The summed E-state index contributed by atoms with van der Waals surface area (Å²) in [5.74, 6) is -3.59. The average molecular weight is 237 g/mol. The Morgan fingerprint density at radius 3 is 2.47 bits per heavy atom. The van der Waals surface area contributed by atoms with Gasteiger partial charge in [0.25, 0.3) is 0 Å². The Morgan fingerprint density at radius 1 is 1.53 bits per heavy atom. The molecule has 1 saturated heterocycles. The van der Waals surface area contributed by atoms with Crippen molar-refractivity contribution in [3.8, 4) is 0 Å². The van der Waals surface area contributed by atoms with Crippen LogP contribution >= 0.6 is 11.6 Å². The molecule has 82 valence electrons. The van der Waals surface area contributed by atoms with Gasteiger partial charge in [-0.25, -0.2) is 9.59 Å². The highest BCUT2D eigenvalue weighted by atomic mass is 35.5. The third-order valence-electron chi connectivity index (χ3n) is 1.72. The normalized spacial score (nSPS) is 24.9. The van der Waals surface area contributed by atoms with Gasteiger partial charge in [-0.3, -0.25) is 9.59 Å². The van der Waals surface area contributed by atoms with Crippen molar-refractivity contribution in [1.29, 1.82) is 0 Å². The first-order valence-corrected chi connectivity index (χ1v) is 4.09. The summed E-state index contributed by atoms with van der Waals surface area (Å²) in [6, 6.07) is 0. The van der Waals surface area contributed by atoms with E-state index in [-0.39, 0.29) is 0 Å². The molecular formula is C7H5ClO7. The molecule has 0 aromatic rings. The minimum Gasteiger partial charge on any atom is -0.481 e. The third kappa shape index (κ3) is 2.44. The first-order valence-electron chi connectivity index (χ1n) is 3.71. The van der Waals surface area contributed by atoms with Crippen molar-refractivity contribution in [2.24, 2.45) is 0 Å². The highest BCUT2D eigenvalue weighted by Gasteiger charge is 2.54. The van der Waals surface area contributed by atoms with E-state index in [1.165, 1.54) is 0 Å². The molecule has 0 radical (unpaired) electrons. The molecule has 1 heterocycles.